The number of benzene rings is 1. The minimum Gasteiger partial charge on any atom is -0.395 e. The van der Waals surface area contributed by atoms with Crippen LogP contribution in [-0.2, 0) is 0 Å². The third-order valence-corrected chi connectivity index (χ3v) is 3.81. The van der Waals surface area contributed by atoms with E-state index in [0.717, 1.165) is 5.56 Å². The van der Waals surface area contributed by atoms with Gasteiger partial charge in [0.25, 0.3) is 0 Å². The van der Waals surface area contributed by atoms with E-state index in [2.05, 4.69) is 20.3 Å². The number of nitrogens with zero attached hydrogens (tertiary/aromatic N) is 4. The number of nitrogens with two attached hydrogens (primary N) is 1. The zero-order valence-corrected chi connectivity index (χ0v) is 14.1. The molecule has 0 unspecified atom stereocenters. The van der Waals surface area contributed by atoms with Crippen LogP contribution in [0.15, 0.2) is 30.6 Å². The number of fused-ring (bicyclic) bond motifs is 1. The largest absolute Gasteiger partial charge is 0.395 e. The molecule has 25 heavy (non-hydrogen) atoms. The Labute approximate surface area is 144 Å². The lowest BCUT2D eigenvalue weighted by Gasteiger charge is -2.11. The van der Waals surface area contributed by atoms with E-state index in [1.54, 1.807) is 30.6 Å². The molecular formula is C17H20N6O2. The molecular weight excluding hydrogens is 320 g/mol. The highest BCUT2D eigenvalue weighted by atomic mass is 16.3. The van der Waals surface area contributed by atoms with Crippen molar-refractivity contribution in [2.24, 2.45) is 5.73 Å². The van der Waals surface area contributed by atoms with Gasteiger partial charge < -0.3 is 20.7 Å². The van der Waals surface area contributed by atoms with Gasteiger partial charge in [-0.3, -0.25) is 4.79 Å². The smallest absolute Gasteiger partial charge is 0.248 e. The Morgan fingerprint density at radius 1 is 1.28 bits per heavy atom. The van der Waals surface area contributed by atoms with Gasteiger partial charge in [0.15, 0.2) is 17.3 Å². The van der Waals surface area contributed by atoms with Crippen molar-refractivity contribution in [3.8, 4) is 11.4 Å². The van der Waals surface area contributed by atoms with Gasteiger partial charge in [-0.2, -0.15) is 0 Å². The van der Waals surface area contributed by atoms with Gasteiger partial charge in [-0.15, -0.1) is 0 Å². The summed E-state index contributed by atoms with van der Waals surface area (Å²) in [5.41, 5.74) is 7.83. The first kappa shape index (κ1) is 16.8. The molecule has 1 aromatic carbocycles. The molecule has 0 saturated heterocycles. The second-order valence-electron chi connectivity index (χ2n) is 5.91. The minimum absolute atomic E-state index is 0.0149. The number of aliphatic hydroxyl groups is 1. The molecule has 3 aromatic rings. The molecule has 0 radical (unpaired) electrons. The molecule has 8 nitrogen and oxygen atoms in total. The van der Waals surface area contributed by atoms with E-state index in [1.165, 1.54) is 0 Å². The summed E-state index contributed by atoms with van der Waals surface area (Å²) in [6, 6.07) is 6.99. The van der Waals surface area contributed by atoms with Crippen LogP contribution in [0.5, 0.6) is 0 Å². The molecule has 2 aromatic heterocycles. The normalized spacial score (nSPS) is 11.2. The molecule has 0 bridgehead atoms. The molecule has 0 aliphatic rings. The van der Waals surface area contributed by atoms with Gasteiger partial charge in [0.1, 0.15) is 5.52 Å². The fourth-order valence-corrected chi connectivity index (χ4v) is 2.50. The van der Waals surface area contributed by atoms with Gasteiger partial charge in [-0.1, -0.05) is 12.1 Å². The summed E-state index contributed by atoms with van der Waals surface area (Å²) in [6.45, 7) is 4.44. The number of imidazole rings is 1. The van der Waals surface area contributed by atoms with Crippen LogP contribution in [-0.4, -0.2) is 43.7 Å². The Hall–Kier alpha value is -3.00. The van der Waals surface area contributed by atoms with Crippen molar-refractivity contribution in [1.29, 1.82) is 0 Å². The van der Waals surface area contributed by atoms with Crippen molar-refractivity contribution in [2.75, 3.05) is 18.5 Å². The average molecular weight is 340 g/mol. The summed E-state index contributed by atoms with van der Waals surface area (Å²) in [4.78, 5) is 24.8. The van der Waals surface area contributed by atoms with Crippen LogP contribution >= 0.6 is 0 Å². The number of nitrogens with one attached hydrogen (secondary N) is 1. The predicted molar refractivity (Wildman–Crippen MR) is 95.2 cm³/mol. The summed E-state index contributed by atoms with van der Waals surface area (Å²) in [5.74, 6) is 0.588. The Kier molecular flexibility index (Phi) is 4.62. The molecule has 8 heteroatoms. The van der Waals surface area contributed by atoms with Crippen LogP contribution in [0.25, 0.3) is 22.6 Å². The number of rotatable bonds is 6. The monoisotopic (exact) mass is 340 g/mol. The second-order valence-corrected chi connectivity index (χ2v) is 5.91. The quantitative estimate of drug-likeness (QED) is 0.627. The summed E-state index contributed by atoms with van der Waals surface area (Å²) in [5, 5.41) is 12.2. The average Bonchev–Trinajstić information content (AvgIpc) is 3.04. The van der Waals surface area contributed by atoms with Gasteiger partial charge >= 0.3 is 0 Å². The SMILES string of the molecule is CC(C)n1cnc2c(NCCO)nc(-c3ccc(C(N)=O)cc3)nc21. The lowest BCUT2D eigenvalue weighted by molar-refractivity contribution is 0.100. The number of carbonyl (C=O) groups excluding carboxylic acids is 1. The maximum Gasteiger partial charge on any atom is 0.248 e. The molecule has 0 saturated carbocycles. The molecule has 3 rings (SSSR count). The van der Waals surface area contributed by atoms with E-state index in [4.69, 9.17) is 10.8 Å². The fraction of sp³-hybridized carbons (Fsp3) is 0.294. The Morgan fingerprint density at radius 2 is 2.00 bits per heavy atom. The zero-order chi connectivity index (χ0) is 18.0. The van der Waals surface area contributed by atoms with E-state index in [-0.39, 0.29) is 12.6 Å². The van der Waals surface area contributed by atoms with Gasteiger partial charge in [0.2, 0.25) is 5.91 Å². The third-order valence-electron chi connectivity index (χ3n) is 3.81. The Balaban J connectivity index is 2.13. The molecule has 2 heterocycles. The van der Waals surface area contributed by atoms with Crippen molar-refractivity contribution in [3.05, 3.63) is 36.2 Å². The van der Waals surface area contributed by atoms with Gasteiger partial charge in [0.05, 0.1) is 12.9 Å². The lowest BCUT2D eigenvalue weighted by atomic mass is 10.1. The molecule has 0 spiro atoms. The molecule has 0 atom stereocenters. The number of primary amides is 1. The van der Waals surface area contributed by atoms with Gasteiger partial charge in [-0.05, 0) is 26.0 Å². The van der Waals surface area contributed by atoms with Crippen molar-refractivity contribution in [2.45, 2.75) is 19.9 Å². The van der Waals surface area contributed by atoms with Crippen LogP contribution in [0, 0.1) is 0 Å². The van der Waals surface area contributed by atoms with Crippen LogP contribution < -0.4 is 11.1 Å². The second kappa shape index (κ2) is 6.86. The van der Waals surface area contributed by atoms with Crippen LogP contribution in [0.1, 0.15) is 30.2 Å². The summed E-state index contributed by atoms with van der Waals surface area (Å²) >= 11 is 0. The summed E-state index contributed by atoms with van der Waals surface area (Å²) in [7, 11) is 0. The van der Waals surface area contributed by atoms with Crippen molar-refractivity contribution < 1.29 is 9.90 Å². The first-order valence-corrected chi connectivity index (χ1v) is 8.00. The molecule has 0 aliphatic heterocycles. The summed E-state index contributed by atoms with van der Waals surface area (Å²) < 4.78 is 1.96. The van der Waals surface area contributed by atoms with Crippen LogP contribution in [0.2, 0.25) is 0 Å². The molecule has 1 amide bonds. The zero-order valence-electron chi connectivity index (χ0n) is 14.1. The van der Waals surface area contributed by atoms with E-state index < -0.39 is 5.91 Å². The third kappa shape index (κ3) is 3.29. The molecule has 4 N–H and O–H groups in total. The topological polar surface area (TPSA) is 119 Å². The fourth-order valence-electron chi connectivity index (χ4n) is 2.50. The number of aromatic nitrogens is 4. The highest BCUT2D eigenvalue weighted by molar-refractivity contribution is 5.93. The first-order chi connectivity index (χ1) is 12.0. The Morgan fingerprint density at radius 3 is 2.60 bits per heavy atom. The van der Waals surface area contributed by atoms with Crippen LogP contribution in [0.4, 0.5) is 5.82 Å². The Bertz CT molecular complexity index is 901. The highest BCUT2D eigenvalue weighted by Gasteiger charge is 2.15. The standard InChI is InChI=1S/C17H20N6O2/c1-10(2)23-9-20-13-16(19-7-8-24)21-15(22-17(13)23)12-5-3-11(4-6-12)14(18)25/h3-6,9-10,24H,7-8H2,1-2H3,(H2,18,25)(H,19,21,22). The number of hydrogen-bond donors (Lipinski definition) is 3. The molecule has 0 fully saturated rings. The van der Waals surface area contributed by atoms with Crippen molar-refractivity contribution in [1.82, 2.24) is 19.5 Å². The number of anilines is 1. The minimum atomic E-state index is -0.480. The maximum absolute atomic E-state index is 11.2. The summed E-state index contributed by atoms with van der Waals surface area (Å²) in [6.07, 6.45) is 1.73. The molecule has 0 aliphatic carbocycles. The van der Waals surface area contributed by atoms with Crippen molar-refractivity contribution in [3.63, 3.8) is 0 Å². The van der Waals surface area contributed by atoms with E-state index >= 15 is 0 Å². The number of aliphatic hydroxyl groups excluding tert-OH is 1. The highest BCUT2D eigenvalue weighted by Crippen LogP contribution is 2.26. The van der Waals surface area contributed by atoms with Crippen LogP contribution in [0.3, 0.4) is 0 Å². The number of hydrogen-bond acceptors (Lipinski definition) is 6. The van der Waals surface area contributed by atoms with Crippen molar-refractivity contribution >= 4 is 22.9 Å². The maximum atomic E-state index is 11.2. The van der Waals surface area contributed by atoms with E-state index in [1.807, 2.05) is 18.4 Å². The first-order valence-electron chi connectivity index (χ1n) is 8.00. The van der Waals surface area contributed by atoms with Gasteiger partial charge in [0, 0.05) is 23.7 Å². The molecule has 130 valence electrons. The van der Waals surface area contributed by atoms with E-state index in [9.17, 15) is 4.79 Å². The number of amides is 1. The predicted octanol–water partition coefficient (Wildman–Crippen LogP) is 1.58. The van der Waals surface area contributed by atoms with E-state index in [0.29, 0.717) is 34.9 Å². The lowest BCUT2D eigenvalue weighted by Crippen LogP contribution is -2.11. The number of carbonyl (C=O) groups is 1. The van der Waals surface area contributed by atoms with Gasteiger partial charge in [-0.25, -0.2) is 15.0 Å².